The zero-order chi connectivity index (χ0) is 20.1. The van der Waals surface area contributed by atoms with Gasteiger partial charge in [0.25, 0.3) is 0 Å². The van der Waals surface area contributed by atoms with Crippen LogP contribution < -0.4 is 4.31 Å². The molecule has 0 fully saturated rings. The number of carboxylic acid groups (broad SMARTS) is 1. The monoisotopic (exact) mass is 398 g/mol. The predicted molar refractivity (Wildman–Crippen MR) is 108 cm³/mol. The van der Waals surface area contributed by atoms with Gasteiger partial charge in [0.2, 0.25) is 0 Å². The minimum atomic E-state index is -2.79. The number of nitrogens with zero attached hydrogens (tertiary/aromatic N) is 1. The summed E-state index contributed by atoms with van der Waals surface area (Å²) in [6.07, 6.45) is 0. The molecule has 0 bridgehead atoms. The maximum Gasteiger partial charge on any atom is 0.329 e. The average Bonchev–Trinajstić information content (AvgIpc) is 2.69. The number of hydrogen-bond acceptors (Lipinski definition) is 4. The zero-order valence-electron chi connectivity index (χ0n) is 15.3. The molecular formula is C21H20NO5S-. The Morgan fingerprint density at radius 2 is 1.71 bits per heavy atom. The van der Waals surface area contributed by atoms with Gasteiger partial charge in [0.1, 0.15) is 0 Å². The molecule has 146 valence electrons. The van der Waals surface area contributed by atoms with Gasteiger partial charge in [-0.25, -0.2) is 4.79 Å². The van der Waals surface area contributed by atoms with Crippen molar-refractivity contribution in [3.8, 4) is 0 Å². The molecule has 3 aromatic carbocycles. The number of aliphatic carboxylic acids is 1. The lowest BCUT2D eigenvalue weighted by molar-refractivity contribution is -0.139. The van der Waals surface area contributed by atoms with Crippen LogP contribution in [0.4, 0.5) is 5.69 Å². The van der Waals surface area contributed by atoms with E-state index in [1.807, 2.05) is 49.4 Å². The number of ether oxygens (including phenoxy) is 1. The van der Waals surface area contributed by atoms with Crippen LogP contribution in [0, 0.1) is 6.92 Å². The Labute approximate surface area is 165 Å². The Bertz CT molecular complexity index is 993. The van der Waals surface area contributed by atoms with Gasteiger partial charge in [-0.1, -0.05) is 60.7 Å². The van der Waals surface area contributed by atoms with E-state index in [2.05, 4.69) is 0 Å². The van der Waals surface area contributed by atoms with Crippen LogP contribution in [-0.2, 0) is 27.4 Å². The van der Waals surface area contributed by atoms with Gasteiger partial charge in [-0.15, -0.1) is 0 Å². The van der Waals surface area contributed by atoms with Crippen molar-refractivity contribution < 1.29 is 23.4 Å². The Morgan fingerprint density at radius 3 is 2.36 bits per heavy atom. The van der Waals surface area contributed by atoms with Crippen LogP contribution in [0.15, 0.2) is 66.7 Å². The van der Waals surface area contributed by atoms with Crippen molar-refractivity contribution in [2.24, 2.45) is 0 Å². The minimum absolute atomic E-state index is 0.193. The van der Waals surface area contributed by atoms with Gasteiger partial charge in [0.15, 0.2) is 6.04 Å². The van der Waals surface area contributed by atoms with Crippen molar-refractivity contribution in [1.82, 2.24) is 0 Å². The maximum atomic E-state index is 12.0. The number of hydrogen-bond donors (Lipinski definition) is 1. The highest BCUT2D eigenvalue weighted by atomic mass is 32.2. The molecule has 3 rings (SSSR count). The SMILES string of the molecule is Cc1ccc(N(C(COCc2ccccc2)C(=O)O)S(=O)[O-])c2ccccc12. The molecule has 1 N–H and O–H groups in total. The minimum Gasteiger partial charge on any atom is -0.755 e. The molecule has 0 aliphatic rings. The largest absolute Gasteiger partial charge is 0.755 e. The molecule has 6 nitrogen and oxygen atoms in total. The normalized spacial score (nSPS) is 13.2. The first kappa shape index (κ1) is 20.0. The summed E-state index contributed by atoms with van der Waals surface area (Å²) in [5, 5.41) is 11.2. The molecule has 3 aromatic rings. The van der Waals surface area contributed by atoms with E-state index in [1.54, 1.807) is 24.3 Å². The highest BCUT2D eigenvalue weighted by Crippen LogP contribution is 2.31. The third-order valence-corrected chi connectivity index (χ3v) is 5.24. The molecule has 0 radical (unpaired) electrons. The molecule has 0 heterocycles. The van der Waals surface area contributed by atoms with E-state index in [-0.39, 0.29) is 13.2 Å². The van der Waals surface area contributed by atoms with E-state index in [4.69, 9.17) is 4.74 Å². The van der Waals surface area contributed by atoms with Gasteiger partial charge in [-0.05, 0) is 29.5 Å². The second-order valence-corrected chi connectivity index (χ2v) is 7.17. The van der Waals surface area contributed by atoms with Crippen LogP contribution in [0.5, 0.6) is 0 Å². The highest BCUT2D eigenvalue weighted by molar-refractivity contribution is 7.80. The number of benzene rings is 3. The van der Waals surface area contributed by atoms with Crippen molar-refractivity contribution in [3.05, 3.63) is 77.9 Å². The van der Waals surface area contributed by atoms with Crippen molar-refractivity contribution >= 4 is 33.7 Å². The first-order chi connectivity index (χ1) is 13.5. The summed E-state index contributed by atoms with van der Waals surface area (Å²) < 4.78 is 30.4. The molecule has 0 saturated carbocycles. The average molecular weight is 398 g/mol. The second-order valence-electron chi connectivity index (χ2n) is 6.34. The molecule has 2 unspecified atom stereocenters. The number of anilines is 1. The number of carbonyl (C=O) groups is 1. The molecule has 7 heteroatoms. The Morgan fingerprint density at radius 1 is 1.07 bits per heavy atom. The maximum absolute atomic E-state index is 12.0. The molecule has 0 aliphatic carbocycles. The van der Waals surface area contributed by atoms with Crippen LogP contribution in [0.3, 0.4) is 0 Å². The quantitative estimate of drug-likeness (QED) is 0.587. The summed E-state index contributed by atoms with van der Waals surface area (Å²) in [6, 6.07) is 18.6. The van der Waals surface area contributed by atoms with Crippen LogP contribution >= 0.6 is 0 Å². The van der Waals surface area contributed by atoms with Gasteiger partial charge < -0.3 is 14.4 Å². The third-order valence-electron chi connectivity index (χ3n) is 4.47. The predicted octanol–water partition coefficient (Wildman–Crippen LogP) is 3.42. The number of fused-ring (bicyclic) bond motifs is 1. The van der Waals surface area contributed by atoms with E-state index in [0.717, 1.165) is 20.8 Å². The first-order valence-corrected chi connectivity index (χ1v) is 9.73. The highest BCUT2D eigenvalue weighted by Gasteiger charge is 2.28. The van der Waals surface area contributed by atoms with Crippen molar-refractivity contribution in [1.29, 1.82) is 0 Å². The fourth-order valence-corrected chi connectivity index (χ4v) is 3.76. The smallest absolute Gasteiger partial charge is 0.329 e. The van der Waals surface area contributed by atoms with Crippen LogP contribution in [0.2, 0.25) is 0 Å². The lowest BCUT2D eigenvalue weighted by Gasteiger charge is -2.33. The van der Waals surface area contributed by atoms with Crippen molar-refractivity contribution in [2.75, 3.05) is 10.9 Å². The Balaban J connectivity index is 1.91. The van der Waals surface area contributed by atoms with Crippen LogP contribution in [0.25, 0.3) is 10.8 Å². The molecule has 0 spiro atoms. The summed E-state index contributed by atoms with van der Waals surface area (Å²) in [4.78, 5) is 11.9. The molecule has 2 atom stereocenters. The second kappa shape index (κ2) is 8.97. The Hall–Kier alpha value is -2.74. The summed E-state index contributed by atoms with van der Waals surface area (Å²) in [7, 11) is 0. The van der Waals surface area contributed by atoms with Gasteiger partial charge >= 0.3 is 5.97 Å². The third kappa shape index (κ3) is 4.39. The molecule has 0 saturated heterocycles. The van der Waals surface area contributed by atoms with Gasteiger partial charge in [-0.2, -0.15) is 0 Å². The zero-order valence-corrected chi connectivity index (χ0v) is 16.1. The molecule has 0 aliphatic heterocycles. The molecule has 28 heavy (non-hydrogen) atoms. The fourth-order valence-electron chi connectivity index (χ4n) is 3.08. The van der Waals surface area contributed by atoms with Gasteiger partial charge in [-0.3, -0.25) is 8.51 Å². The first-order valence-electron chi connectivity index (χ1n) is 8.70. The van der Waals surface area contributed by atoms with E-state index < -0.39 is 23.3 Å². The van der Waals surface area contributed by atoms with E-state index >= 15 is 0 Å². The fraction of sp³-hybridized carbons (Fsp3) is 0.190. The standard InChI is InChI=1S/C21H21NO5S/c1-15-11-12-19(18-10-6-5-9-17(15)18)22(28(25)26)20(21(23)24)14-27-13-16-7-3-2-4-8-16/h2-12,20H,13-14H2,1H3,(H,23,24)(H,25,26)/p-1. The van der Waals surface area contributed by atoms with E-state index in [1.165, 1.54) is 0 Å². The number of rotatable bonds is 8. The number of carboxylic acids is 1. The molecular weight excluding hydrogens is 378 g/mol. The van der Waals surface area contributed by atoms with Crippen LogP contribution in [-0.4, -0.2) is 32.5 Å². The summed E-state index contributed by atoms with van der Waals surface area (Å²) in [6.45, 7) is 1.83. The van der Waals surface area contributed by atoms with Gasteiger partial charge in [0, 0.05) is 16.7 Å². The van der Waals surface area contributed by atoms with Crippen molar-refractivity contribution in [2.45, 2.75) is 19.6 Å². The molecule has 0 aromatic heterocycles. The van der Waals surface area contributed by atoms with Crippen molar-refractivity contribution in [3.63, 3.8) is 0 Å². The van der Waals surface area contributed by atoms with Crippen LogP contribution in [0.1, 0.15) is 11.1 Å². The summed E-state index contributed by atoms with van der Waals surface area (Å²) >= 11 is -2.79. The molecule has 0 amide bonds. The van der Waals surface area contributed by atoms with E-state index in [9.17, 15) is 18.7 Å². The summed E-state index contributed by atoms with van der Waals surface area (Å²) in [5.74, 6) is -1.28. The number of aryl methyl sites for hydroxylation is 1. The summed E-state index contributed by atoms with van der Waals surface area (Å²) in [5.41, 5.74) is 2.16. The van der Waals surface area contributed by atoms with E-state index in [0.29, 0.717) is 11.1 Å². The lowest BCUT2D eigenvalue weighted by atomic mass is 10.0. The Kier molecular flexibility index (Phi) is 6.41. The lowest BCUT2D eigenvalue weighted by Crippen LogP contribution is -2.45. The van der Waals surface area contributed by atoms with Gasteiger partial charge in [0.05, 0.1) is 18.9 Å². The topological polar surface area (TPSA) is 89.9 Å².